The zero-order chi connectivity index (χ0) is 28.6. The fourth-order valence-corrected chi connectivity index (χ4v) is 6.07. The Morgan fingerprint density at radius 1 is 0.976 bits per heavy atom. The molecule has 1 unspecified atom stereocenters. The molecule has 0 spiro atoms. The standard InChI is InChI=1S/C30H40N6O4S/c1-3-4-5-26(40-25-12-8-23(9-13-25)28(31)33-37)39-24-10-6-22(7-11-24)27-29(35-16-14-34(2)15-17-35)41-30(32-27)36-18-20-38-21-19-36/h6-13,26,37H,3-5,14-21H2,1-2H3,(H2,31,33). The van der Waals surface area contributed by atoms with Crippen LogP contribution < -0.4 is 25.0 Å². The summed E-state index contributed by atoms with van der Waals surface area (Å²) in [5.74, 6) is 1.46. The van der Waals surface area contributed by atoms with E-state index in [1.54, 1.807) is 35.6 Å². The molecule has 0 saturated carbocycles. The summed E-state index contributed by atoms with van der Waals surface area (Å²) in [6.07, 6.45) is 2.32. The summed E-state index contributed by atoms with van der Waals surface area (Å²) >= 11 is 1.78. The van der Waals surface area contributed by atoms with Gasteiger partial charge in [-0.25, -0.2) is 4.98 Å². The second-order valence-electron chi connectivity index (χ2n) is 10.4. The molecule has 2 aliphatic rings. The molecule has 0 radical (unpaired) electrons. The first-order valence-corrected chi connectivity index (χ1v) is 15.1. The highest BCUT2D eigenvalue weighted by atomic mass is 32.1. The van der Waals surface area contributed by atoms with Crippen molar-refractivity contribution >= 4 is 27.3 Å². The highest BCUT2D eigenvalue weighted by Crippen LogP contribution is 2.41. The summed E-state index contributed by atoms with van der Waals surface area (Å²) < 4.78 is 18.1. The summed E-state index contributed by atoms with van der Waals surface area (Å²) in [6.45, 7) is 9.43. The van der Waals surface area contributed by atoms with E-state index in [0.717, 1.165) is 93.9 Å². The van der Waals surface area contributed by atoms with E-state index < -0.39 is 6.29 Å². The first kappa shape index (κ1) is 29.0. The number of oxime groups is 1. The Bertz CT molecular complexity index is 1270. The lowest BCUT2D eigenvalue weighted by Gasteiger charge is -2.33. The van der Waals surface area contributed by atoms with Crippen molar-refractivity contribution in [2.75, 3.05) is 69.3 Å². The van der Waals surface area contributed by atoms with E-state index in [2.05, 4.69) is 46.0 Å². The van der Waals surface area contributed by atoms with Crippen LogP contribution in [0.3, 0.4) is 0 Å². The number of aromatic nitrogens is 1. The zero-order valence-corrected chi connectivity index (χ0v) is 24.7. The lowest BCUT2D eigenvalue weighted by atomic mass is 10.1. The lowest BCUT2D eigenvalue weighted by Crippen LogP contribution is -2.44. The number of rotatable bonds is 11. The van der Waals surface area contributed by atoms with Crippen molar-refractivity contribution in [1.29, 1.82) is 0 Å². The maximum absolute atomic E-state index is 8.91. The quantitative estimate of drug-likeness (QED) is 0.112. The molecule has 2 aromatic carbocycles. The van der Waals surface area contributed by atoms with Crippen LogP contribution in [0.15, 0.2) is 53.7 Å². The second-order valence-corrected chi connectivity index (χ2v) is 11.3. The number of anilines is 2. The Morgan fingerprint density at radius 3 is 2.22 bits per heavy atom. The number of thiazole rings is 1. The maximum Gasteiger partial charge on any atom is 0.241 e. The Morgan fingerprint density at radius 2 is 1.61 bits per heavy atom. The molecular weight excluding hydrogens is 540 g/mol. The van der Waals surface area contributed by atoms with Crippen molar-refractivity contribution in [3.63, 3.8) is 0 Å². The second kappa shape index (κ2) is 13.9. The van der Waals surface area contributed by atoms with Gasteiger partial charge in [-0.05, 0) is 62.0 Å². The summed E-state index contributed by atoms with van der Waals surface area (Å²) in [7, 11) is 2.18. The van der Waals surface area contributed by atoms with Gasteiger partial charge in [0.1, 0.15) is 22.2 Å². The average molecular weight is 581 g/mol. The molecule has 1 aromatic heterocycles. The van der Waals surface area contributed by atoms with Gasteiger partial charge in [-0.3, -0.25) is 0 Å². The molecule has 0 bridgehead atoms. The van der Waals surface area contributed by atoms with Crippen molar-refractivity contribution in [1.82, 2.24) is 9.88 Å². The minimum Gasteiger partial charge on any atom is -0.455 e. The van der Waals surface area contributed by atoms with Gasteiger partial charge in [0.2, 0.25) is 6.29 Å². The summed E-state index contributed by atoms with van der Waals surface area (Å²) in [4.78, 5) is 12.3. The number of nitrogens with two attached hydrogens (primary N) is 1. The number of hydrogen-bond acceptors (Lipinski definition) is 10. The molecule has 220 valence electrons. The molecule has 2 fully saturated rings. The molecule has 10 nitrogen and oxygen atoms in total. The number of benzene rings is 2. The maximum atomic E-state index is 8.91. The molecule has 2 saturated heterocycles. The molecule has 0 aliphatic carbocycles. The van der Waals surface area contributed by atoms with Crippen molar-refractivity contribution in [2.24, 2.45) is 10.9 Å². The van der Waals surface area contributed by atoms with Crippen LogP contribution in [0.5, 0.6) is 11.5 Å². The number of ether oxygens (including phenoxy) is 3. The highest BCUT2D eigenvalue weighted by molar-refractivity contribution is 7.20. The van der Waals surface area contributed by atoms with E-state index in [0.29, 0.717) is 11.3 Å². The van der Waals surface area contributed by atoms with Crippen molar-refractivity contribution in [3.05, 3.63) is 54.1 Å². The summed E-state index contributed by atoms with van der Waals surface area (Å²) in [6, 6.07) is 15.3. The van der Waals surface area contributed by atoms with Crippen LogP contribution in [0, 0.1) is 0 Å². The molecule has 41 heavy (non-hydrogen) atoms. The zero-order valence-electron chi connectivity index (χ0n) is 23.9. The minimum absolute atomic E-state index is 0.0587. The Labute approximate surface area is 245 Å². The molecule has 3 N–H and O–H groups in total. The third kappa shape index (κ3) is 7.41. The summed E-state index contributed by atoms with van der Waals surface area (Å²) in [5.41, 5.74) is 8.41. The topological polar surface area (TPSA) is 109 Å². The molecule has 0 amide bonds. The van der Waals surface area contributed by atoms with Gasteiger partial charge in [0, 0.05) is 56.8 Å². The van der Waals surface area contributed by atoms with Crippen LogP contribution in [-0.4, -0.2) is 86.7 Å². The fraction of sp³-hybridized carbons (Fsp3) is 0.467. The van der Waals surface area contributed by atoms with Crippen LogP contribution in [0.1, 0.15) is 31.7 Å². The van der Waals surface area contributed by atoms with Gasteiger partial charge in [-0.15, -0.1) is 0 Å². The van der Waals surface area contributed by atoms with E-state index in [9.17, 15) is 0 Å². The SMILES string of the molecule is CCCCC(Oc1ccc(C(N)=NO)cc1)Oc1ccc(-c2nc(N3CCOCC3)sc2N2CCN(C)CC2)cc1. The number of piperazine rings is 1. The van der Waals surface area contributed by atoms with Crippen molar-refractivity contribution in [2.45, 2.75) is 32.5 Å². The normalized spacial score (nSPS) is 17.5. The van der Waals surface area contributed by atoms with E-state index >= 15 is 0 Å². The average Bonchev–Trinajstić information content (AvgIpc) is 3.46. The first-order valence-electron chi connectivity index (χ1n) is 14.3. The van der Waals surface area contributed by atoms with Gasteiger partial charge < -0.3 is 39.9 Å². The van der Waals surface area contributed by atoms with Crippen LogP contribution >= 0.6 is 11.3 Å². The lowest BCUT2D eigenvalue weighted by molar-refractivity contribution is -0.00211. The van der Waals surface area contributed by atoms with E-state index in [1.165, 1.54) is 5.00 Å². The number of nitrogens with zero attached hydrogens (tertiary/aromatic N) is 5. The monoisotopic (exact) mass is 580 g/mol. The molecule has 2 aliphatic heterocycles. The van der Waals surface area contributed by atoms with Gasteiger partial charge >= 0.3 is 0 Å². The van der Waals surface area contributed by atoms with Gasteiger partial charge in [0.05, 0.1) is 13.2 Å². The molecule has 3 aromatic rings. The van der Waals surface area contributed by atoms with E-state index in [1.807, 2.05) is 12.1 Å². The predicted molar refractivity (Wildman–Crippen MR) is 164 cm³/mol. The third-order valence-corrected chi connectivity index (χ3v) is 8.56. The number of unbranched alkanes of at least 4 members (excludes halogenated alkanes) is 1. The van der Waals surface area contributed by atoms with Gasteiger partial charge in [-0.1, -0.05) is 29.8 Å². The Hall–Kier alpha value is -3.54. The Balaban J connectivity index is 1.33. The van der Waals surface area contributed by atoms with Gasteiger partial charge in [0.25, 0.3) is 0 Å². The molecule has 3 heterocycles. The number of morpholine rings is 1. The Kier molecular flexibility index (Phi) is 9.81. The molecule has 1 atom stereocenters. The van der Waals surface area contributed by atoms with Crippen LogP contribution in [0.2, 0.25) is 0 Å². The molecule has 5 rings (SSSR count). The third-order valence-electron chi connectivity index (χ3n) is 7.38. The molecular formula is C30H40N6O4S. The molecule has 11 heteroatoms. The summed E-state index contributed by atoms with van der Waals surface area (Å²) in [5, 5.41) is 14.2. The first-order chi connectivity index (χ1) is 20.0. The fourth-order valence-electron chi connectivity index (χ4n) is 4.87. The number of hydrogen-bond donors (Lipinski definition) is 2. The van der Waals surface area contributed by atoms with E-state index in [4.69, 9.17) is 30.1 Å². The minimum atomic E-state index is -0.441. The smallest absolute Gasteiger partial charge is 0.241 e. The van der Waals surface area contributed by atoms with Gasteiger partial charge in [-0.2, -0.15) is 0 Å². The van der Waals surface area contributed by atoms with Crippen LogP contribution in [0.25, 0.3) is 11.3 Å². The van der Waals surface area contributed by atoms with Crippen LogP contribution in [0.4, 0.5) is 10.1 Å². The predicted octanol–water partition coefficient (Wildman–Crippen LogP) is 4.47. The van der Waals surface area contributed by atoms with E-state index in [-0.39, 0.29) is 5.84 Å². The van der Waals surface area contributed by atoms with Gasteiger partial charge in [0.15, 0.2) is 11.0 Å². The highest BCUT2D eigenvalue weighted by Gasteiger charge is 2.25. The van der Waals surface area contributed by atoms with Crippen LogP contribution in [-0.2, 0) is 4.74 Å². The van der Waals surface area contributed by atoms with Crippen molar-refractivity contribution < 1.29 is 19.4 Å². The largest absolute Gasteiger partial charge is 0.455 e. The van der Waals surface area contributed by atoms with Crippen molar-refractivity contribution in [3.8, 4) is 22.8 Å². The number of amidine groups is 1. The number of likely N-dealkylation sites (N-methyl/N-ethyl adjacent to an activating group) is 1.